The van der Waals surface area contributed by atoms with E-state index in [-0.39, 0.29) is 18.4 Å². The first kappa shape index (κ1) is 20.7. The van der Waals surface area contributed by atoms with Crippen molar-refractivity contribution in [1.82, 2.24) is 0 Å². The van der Waals surface area contributed by atoms with Gasteiger partial charge in [-0.05, 0) is 67.8 Å². The maximum absolute atomic E-state index is 12.5. The van der Waals surface area contributed by atoms with Gasteiger partial charge in [-0.25, -0.2) is 0 Å². The van der Waals surface area contributed by atoms with Crippen LogP contribution in [-0.2, 0) is 9.59 Å². The number of nitrogens with zero attached hydrogens (tertiary/aromatic N) is 3. The third kappa shape index (κ3) is 5.50. The van der Waals surface area contributed by atoms with Crippen molar-refractivity contribution >= 4 is 34.6 Å². The molecule has 1 fully saturated rings. The van der Waals surface area contributed by atoms with E-state index in [2.05, 4.69) is 10.2 Å². The van der Waals surface area contributed by atoms with Crippen molar-refractivity contribution in [2.24, 2.45) is 0 Å². The Balaban J connectivity index is 1.64. The van der Waals surface area contributed by atoms with E-state index < -0.39 is 0 Å². The topological polar surface area (TPSA) is 55.9 Å². The number of hydrogen-bond donors (Lipinski definition) is 1. The molecular weight excluding hydrogens is 364 g/mol. The first-order valence-corrected chi connectivity index (χ1v) is 10.1. The van der Waals surface area contributed by atoms with Crippen LogP contribution in [0.5, 0.6) is 0 Å². The molecule has 1 saturated heterocycles. The fourth-order valence-electron chi connectivity index (χ4n) is 3.57. The maximum Gasteiger partial charge on any atom is 0.244 e. The molecule has 0 spiro atoms. The van der Waals surface area contributed by atoms with Crippen molar-refractivity contribution in [2.45, 2.75) is 26.2 Å². The minimum Gasteiger partial charge on any atom is -0.378 e. The van der Waals surface area contributed by atoms with Gasteiger partial charge in [-0.2, -0.15) is 0 Å². The van der Waals surface area contributed by atoms with Gasteiger partial charge >= 0.3 is 0 Å². The molecule has 154 valence electrons. The van der Waals surface area contributed by atoms with Gasteiger partial charge in [-0.3, -0.25) is 9.59 Å². The lowest BCUT2D eigenvalue weighted by Crippen LogP contribution is -2.36. The highest BCUT2D eigenvalue weighted by atomic mass is 16.2. The van der Waals surface area contributed by atoms with Crippen molar-refractivity contribution in [3.8, 4) is 0 Å². The minimum absolute atomic E-state index is 0.0200. The summed E-state index contributed by atoms with van der Waals surface area (Å²) < 4.78 is 0. The molecule has 2 aromatic rings. The minimum atomic E-state index is -0.224. The third-order valence-corrected chi connectivity index (χ3v) is 5.23. The average molecular weight is 395 g/mol. The molecule has 0 saturated carbocycles. The van der Waals surface area contributed by atoms with Gasteiger partial charge < -0.3 is 20.0 Å². The van der Waals surface area contributed by atoms with Gasteiger partial charge in [0.1, 0.15) is 6.54 Å². The molecular formula is C23H30N4O2. The molecule has 6 heteroatoms. The Kier molecular flexibility index (Phi) is 6.75. The SMILES string of the molecule is CC(=O)N(CC(=O)Nc1ccc(N(C)C)cc1)c1ccc(N2CCCCC2)cc1. The summed E-state index contributed by atoms with van der Waals surface area (Å²) in [6.45, 7) is 3.61. The number of anilines is 4. The van der Waals surface area contributed by atoms with Gasteiger partial charge in [0.15, 0.2) is 0 Å². The Morgan fingerprint density at radius 2 is 1.48 bits per heavy atom. The zero-order valence-electron chi connectivity index (χ0n) is 17.5. The third-order valence-electron chi connectivity index (χ3n) is 5.23. The lowest BCUT2D eigenvalue weighted by Gasteiger charge is -2.29. The van der Waals surface area contributed by atoms with Crippen molar-refractivity contribution in [3.63, 3.8) is 0 Å². The lowest BCUT2D eigenvalue weighted by atomic mass is 10.1. The zero-order chi connectivity index (χ0) is 20.8. The summed E-state index contributed by atoms with van der Waals surface area (Å²) in [5.41, 5.74) is 3.67. The number of amides is 2. The van der Waals surface area contributed by atoms with Crippen LogP contribution in [0.1, 0.15) is 26.2 Å². The number of hydrogen-bond acceptors (Lipinski definition) is 4. The van der Waals surface area contributed by atoms with Crippen LogP contribution in [0.25, 0.3) is 0 Å². The second-order valence-electron chi connectivity index (χ2n) is 7.66. The number of benzene rings is 2. The van der Waals surface area contributed by atoms with E-state index in [1.165, 1.54) is 36.8 Å². The van der Waals surface area contributed by atoms with Crippen molar-refractivity contribution in [3.05, 3.63) is 48.5 Å². The predicted octanol–water partition coefficient (Wildman–Crippen LogP) is 3.73. The van der Waals surface area contributed by atoms with E-state index >= 15 is 0 Å². The summed E-state index contributed by atoms with van der Waals surface area (Å²) in [5, 5.41) is 2.87. The average Bonchev–Trinajstić information content (AvgIpc) is 2.73. The van der Waals surface area contributed by atoms with Gasteiger partial charge in [0.05, 0.1) is 0 Å². The molecule has 29 heavy (non-hydrogen) atoms. The first-order chi connectivity index (χ1) is 13.9. The van der Waals surface area contributed by atoms with Gasteiger partial charge in [-0.1, -0.05) is 0 Å². The normalized spacial score (nSPS) is 13.7. The summed E-state index contributed by atoms with van der Waals surface area (Å²) in [6, 6.07) is 15.5. The highest BCUT2D eigenvalue weighted by Crippen LogP contribution is 2.24. The number of piperidine rings is 1. The zero-order valence-corrected chi connectivity index (χ0v) is 17.5. The predicted molar refractivity (Wildman–Crippen MR) is 120 cm³/mol. The maximum atomic E-state index is 12.5. The van der Waals surface area contributed by atoms with Crippen LogP contribution < -0.4 is 20.0 Å². The van der Waals surface area contributed by atoms with E-state index in [4.69, 9.17) is 0 Å². The summed E-state index contributed by atoms with van der Waals surface area (Å²) in [7, 11) is 3.93. The Morgan fingerprint density at radius 1 is 0.897 bits per heavy atom. The molecule has 3 rings (SSSR count). The van der Waals surface area contributed by atoms with E-state index in [9.17, 15) is 9.59 Å². The fourth-order valence-corrected chi connectivity index (χ4v) is 3.57. The van der Waals surface area contributed by atoms with Crippen LogP contribution in [0, 0.1) is 0 Å². The molecule has 6 nitrogen and oxygen atoms in total. The van der Waals surface area contributed by atoms with Gasteiger partial charge in [0, 0.05) is 56.9 Å². The molecule has 1 heterocycles. The molecule has 1 aliphatic heterocycles. The number of carbonyl (C=O) groups is 2. The van der Waals surface area contributed by atoms with Crippen molar-refractivity contribution < 1.29 is 9.59 Å². The summed E-state index contributed by atoms with van der Waals surface area (Å²) in [5.74, 6) is -0.383. The van der Waals surface area contributed by atoms with Crippen LogP contribution in [-0.4, -0.2) is 45.5 Å². The number of nitrogens with one attached hydrogen (secondary N) is 1. The Bertz CT molecular complexity index is 825. The fraction of sp³-hybridized carbons (Fsp3) is 0.391. The molecule has 1 N–H and O–H groups in total. The summed E-state index contributed by atoms with van der Waals surface area (Å²) >= 11 is 0. The van der Waals surface area contributed by atoms with Crippen molar-refractivity contribution in [2.75, 3.05) is 53.7 Å². The van der Waals surface area contributed by atoms with Crippen molar-refractivity contribution in [1.29, 1.82) is 0 Å². The van der Waals surface area contributed by atoms with Crippen LogP contribution in [0.4, 0.5) is 22.7 Å². The van der Waals surface area contributed by atoms with Gasteiger partial charge in [0.25, 0.3) is 0 Å². The van der Waals surface area contributed by atoms with E-state index in [0.717, 1.165) is 24.5 Å². The summed E-state index contributed by atoms with van der Waals surface area (Å²) in [4.78, 5) is 30.5. The number of carbonyl (C=O) groups excluding carboxylic acids is 2. The highest BCUT2D eigenvalue weighted by Gasteiger charge is 2.17. The molecule has 2 amide bonds. The van der Waals surface area contributed by atoms with Crippen LogP contribution in [0.15, 0.2) is 48.5 Å². The van der Waals surface area contributed by atoms with E-state index in [1.54, 1.807) is 0 Å². The first-order valence-electron chi connectivity index (χ1n) is 10.1. The smallest absolute Gasteiger partial charge is 0.244 e. The van der Waals surface area contributed by atoms with Crippen LogP contribution >= 0.6 is 0 Å². The molecule has 0 radical (unpaired) electrons. The lowest BCUT2D eigenvalue weighted by molar-refractivity contribution is -0.120. The Labute approximate surface area is 173 Å². The molecule has 0 aliphatic carbocycles. The van der Waals surface area contributed by atoms with Gasteiger partial charge in [-0.15, -0.1) is 0 Å². The Morgan fingerprint density at radius 3 is 2.03 bits per heavy atom. The van der Waals surface area contributed by atoms with E-state index in [1.807, 2.05) is 67.5 Å². The van der Waals surface area contributed by atoms with Gasteiger partial charge in [0.2, 0.25) is 11.8 Å². The standard InChI is InChI=1S/C23H30N4O2/c1-18(28)27(17-23(29)24-19-7-9-20(10-8-19)25(2)3)22-13-11-21(12-14-22)26-15-5-4-6-16-26/h7-14H,4-6,15-17H2,1-3H3,(H,24,29). The molecule has 0 bridgehead atoms. The quantitative estimate of drug-likeness (QED) is 0.811. The Hall–Kier alpha value is -3.02. The largest absolute Gasteiger partial charge is 0.378 e. The highest BCUT2D eigenvalue weighted by molar-refractivity contribution is 6.01. The molecule has 0 unspecified atom stereocenters. The molecule has 1 aliphatic rings. The van der Waals surface area contributed by atoms with Crippen LogP contribution in [0.3, 0.4) is 0 Å². The summed E-state index contributed by atoms with van der Waals surface area (Å²) in [6.07, 6.45) is 3.73. The molecule has 0 aromatic heterocycles. The van der Waals surface area contributed by atoms with E-state index in [0.29, 0.717) is 5.69 Å². The van der Waals surface area contributed by atoms with Crippen LogP contribution in [0.2, 0.25) is 0 Å². The molecule has 0 atom stereocenters. The number of rotatable bonds is 6. The second kappa shape index (κ2) is 9.45. The monoisotopic (exact) mass is 394 g/mol. The molecule has 2 aromatic carbocycles. The second-order valence-corrected chi connectivity index (χ2v) is 7.66.